The highest BCUT2D eigenvalue weighted by Gasteiger charge is 2.36. The van der Waals surface area contributed by atoms with Gasteiger partial charge in [0.2, 0.25) is 0 Å². The van der Waals surface area contributed by atoms with Gasteiger partial charge >= 0.3 is 0 Å². The van der Waals surface area contributed by atoms with Crippen molar-refractivity contribution in [2.24, 2.45) is 17.3 Å². The van der Waals surface area contributed by atoms with E-state index in [4.69, 9.17) is 0 Å². The van der Waals surface area contributed by atoms with Crippen LogP contribution in [0.1, 0.15) is 47.5 Å². The fourth-order valence-corrected chi connectivity index (χ4v) is 3.72. The van der Waals surface area contributed by atoms with Crippen LogP contribution < -0.4 is 5.32 Å². The van der Waals surface area contributed by atoms with E-state index in [0.717, 1.165) is 11.8 Å². The van der Waals surface area contributed by atoms with Crippen LogP contribution in [0.15, 0.2) is 0 Å². The number of nitrogens with zero attached hydrogens (tertiary/aromatic N) is 1. The van der Waals surface area contributed by atoms with Crippen LogP contribution in [-0.4, -0.2) is 37.6 Å². The molecule has 2 heteroatoms. The van der Waals surface area contributed by atoms with Gasteiger partial charge in [0.1, 0.15) is 0 Å². The van der Waals surface area contributed by atoms with Gasteiger partial charge in [0.25, 0.3) is 0 Å². The molecule has 0 aromatic rings. The lowest BCUT2D eigenvalue weighted by Gasteiger charge is -2.46. The first kappa shape index (κ1) is 15.0. The fourth-order valence-electron chi connectivity index (χ4n) is 3.72. The molecule has 1 fully saturated rings. The van der Waals surface area contributed by atoms with Crippen LogP contribution in [0, 0.1) is 17.3 Å². The Morgan fingerprint density at radius 1 is 1.18 bits per heavy atom. The molecule has 2 nitrogen and oxygen atoms in total. The zero-order valence-electron chi connectivity index (χ0n) is 12.9. The summed E-state index contributed by atoms with van der Waals surface area (Å²) in [7, 11) is 4.42. The highest BCUT2D eigenvalue weighted by Crippen LogP contribution is 2.32. The van der Waals surface area contributed by atoms with Gasteiger partial charge in [-0.25, -0.2) is 0 Å². The summed E-state index contributed by atoms with van der Waals surface area (Å²) >= 11 is 0. The molecule has 1 aliphatic rings. The zero-order valence-corrected chi connectivity index (χ0v) is 12.9. The lowest BCUT2D eigenvalue weighted by molar-refractivity contribution is 0.0609. The Morgan fingerprint density at radius 2 is 1.76 bits per heavy atom. The molecule has 0 amide bonds. The predicted molar refractivity (Wildman–Crippen MR) is 76.3 cm³/mol. The summed E-state index contributed by atoms with van der Waals surface area (Å²) in [4.78, 5) is 2.58. The molecule has 0 radical (unpaired) electrons. The summed E-state index contributed by atoms with van der Waals surface area (Å²) < 4.78 is 0. The molecule has 1 N–H and O–H groups in total. The summed E-state index contributed by atoms with van der Waals surface area (Å²) in [6, 6.07) is 1.34. The maximum atomic E-state index is 3.54. The molecule has 0 heterocycles. The minimum Gasteiger partial charge on any atom is -0.315 e. The Balaban J connectivity index is 2.71. The van der Waals surface area contributed by atoms with Gasteiger partial charge in [0.05, 0.1) is 0 Å². The molecule has 4 unspecified atom stereocenters. The first-order valence-electron chi connectivity index (χ1n) is 7.12. The van der Waals surface area contributed by atoms with Gasteiger partial charge in [-0.1, -0.05) is 34.6 Å². The molecule has 0 spiro atoms. The summed E-state index contributed by atoms with van der Waals surface area (Å²) in [5, 5.41) is 3.54. The number of hydrogen-bond acceptors (Lipinski definition) is 2. The smallest absolute Gasteiger partial charge is 0.0272 e. The molecule has 0 bridgehead atoms. The van der Waals surface area contributed by atoms with Crippen molar-refractivity contribution in [3.8, 4) is 0 Å². The number of rotatable bonds is 3. The SMILES string of the molecule is CNC1CC(C)CC(C)C1N(C)CC(C)(C)C. The number of likely N-dealkylation sites (N-methyl/N-ethyl adjacent to an activating group) is 2. The van der Waals surface area contributed by atoms with E-state index in [2.05, 4.69) is 58.9 Å². The van der Waals surface area contributed by atoms with Gasteiger partial charge in [0.15, 0.2) is 0 Å². The monoisotopic (exact) mass is 240 g/mol. The van der Waals surface area contributed by atoms with Crippen molar-refractivity contribution in [1.82, 2.24) is 10.2 Å². The highest BCUT2D eigenvalue weighted by molar-refractivity contribution is 4.93. The second-order valence-corrected chi connectivity index (χ2v) is 7.42. The first-order chi connectivity index (χ1) is 7.74. The topological polar surface area (TPSA) is 15.3 Å². The van der Waals surface area contributed by atoms with Crippen LogP contribution in [0.2, 0.25) is 0 Å². The van der Waals surface area contributed by atoms with Crippen molar-refractivity contribution < 1.29 is 0 Å². The Bertz CT molecular complexity index is 232. The fraction of sp³-hybridized carbons (Fsp3) is 1.00. The van der Waals surface area contributed by atoms with Gasteiger partial charge in [-0.3, -0.25) is 0 Å². The Kier molecular flexibility index (Phi) is 5.03. The standard InChI is InChI=1S/C15H32N2/c1-11-8-12(2)14(13(9-11)16-6)17(7)10-15(3,4)5/h11-14,16H,8-10H2,1-7H3. The molecule has 1 rings (SSSR count). The average molecular weight is 240 g/mol. The molecular formula is C15H32N2. The minimum atomic E-state index is 0.385. The van der Waals surface area contributed by atoms with Crippen molar-refractivity contribution in [1.29, 1.82) is 0 Å². The van der Waals surface area contributed by atoms with E-state index in [-0.39, 0.29) is 0 Å². The summed E-state index contributed by atoms with van der Waals surface area (Å²) in [5.41, 5.74) is 0.385. The molecule has 0 aromatic heterocycles. The lowest BCUT2D eigenvalue weighted by atomic mass is 9.75. The second-order valence-electron chi connectivity index (χ2n) is 7.42. The van der Waals surface area contributed by atoms with Crippen molar-refractivity contribution in [2.45, 2.75) is 59.5 Å². The Morgan fingerprint density at radius 3 is 2.24 bits per heavy atom. The molecule has 0 aliphatic heterocycles. The van der Waals surface area contributed by atoms with Gasteiger partial charge in [0, 0.05) is 18.6 Å². The molecule has 4 atom stereocenters. The van der Waals surface area contributed by atoms with Crippen molar-refractivity contribution in [3.63, 3.8) is 0 Å². The normalized spacial score (nSPS) is 35.3. The molecule has 102 valence electrons. The third kappa shape index (κ3) is 4.26. The largest absolute Gasteiger partial charge is 0.315 e. The minimum absolute atomic E-state index is 0.385. The van der Waals surface area contributed by atoms with E-state index in [0.29, 0.717) is 17.5 Å². The van der Waals surface area contributed by atoms with E-state index >= 15 is 0 Å². The maximum Gasteiger partial charge on any atom is 0.0272 e. The molecule has 1 saturated carbocycles. The van der Waals surface area contributed by atoms with Gasteiger partial charge < -0.3 is 10.2 Å². The van der Waals surface area contributed by atoms with E-state index < -0.39 is 0 Å². The summed E-state index contributed by atoms with van der Waals surface area (Å²) in [5.74, 6) is 1.66. The van der Waals surface area contributed by atoms with E-state index in [1.165, 1.54) is 19.4 Å². The summed E-state index contributed by atoms with van der Waals surface area (Å²) in [6.07, 6.45) is 2.69. The second kappa shape index (κ2) is 5.71. The van der Waals surface area contributed by atoms with E-state index in [1.54, 1.807) is 0 Å². The Hall–Kier alpha value is -0.0800. The van der Waals surface area contributed by atoms with Crippen LogP contribution in [0.25, 0.3) is 0 Å². The molecule has 0 saturated heterocycles. The lowest BCUT2D eigenvalue weighted by Crippen LogP contribution is -2.56. The van der Waals surface area contributed by atoms with Crippen molar-refractivity contribution >= 4 is 0 Å². The van der Waals surface area contributed by atoms with Crippen LogP contribution in [-0.2, 0) is 0 Å². The van der Waals surface area contributed by atoms with Crippen LogP contribution in [0.5, 0.6) is 0 Å². The molecule has 1 aliphatic carbocycles. The van der Waals surface area contributed by atoms with E-state index in [9.17, 15) is 0 Å². The van der Waals surface area contributed by atoms with Gasteiger partial charge in [-0.05, 0) is 44.2 Å². The summed E-state index contributed by atoms with van der Waals surface area (Å²) in [6.45, 7) is 13.0. The van der Waals surface area contributed by atoms with E-state index in [1.807, 2.05) is 0 Å². The third-order valence-electron chi connectivity index (χ3n) is 4.03. The van der Waals surface area contributed by atoms with Gasteiger partial charge in [-0.15, -0.1) is 0 Å². The maximum absolute atomic E-state index is 3.54. The third-order valence-corrected chi connectivity index (χ3v) is 4.03. The highest BCUT2D eigenvalue weighted by atomic mass is 15.2. The number of hydrogen-bond donors (Lipinski definition) is 1. The average Bonchev–Trinajstić information content (AvgIpc) is 2.12. The first-order valence-corrected chi connectivity index (χ1v) is 7.12. The molecular weight excluding hydrogens is 208 g/mol. The Labute approximate surface area is 108 Å². The molecule has 0 aromatic carbocycles. The predicted octanol–water partition coefficient (Wildman–Crippen LogP) is 2.99. The van der Waals surface area contributed by atoms with Crippen LogP contribution in [0.3, 0.4) is 0 Å². The number of nitrogens with one attached hydrogen (secondary N) is 1. The van der Waals surface area contributed by atoms with Crippen molar-refractivity contribution in [2.75, 3.05) is 20.6 Å². The zero-order chi connectivity index (χ0) is 13.2. The van der Waals surface area contributed by atoms with Crippen LogP contribution in [0.4, 0.5) is 0 Å². The quantitative estimate of drug-likeness (QED) is 0.816. The molecule has 17 heavy (non-hydrogen) atoms. The van der Waals surface area contributed by atoms with Crippen molar-refractivity contribution in [3.05, 3.63) is 0 Å². The van der Waals surface area contributed by atoms with Crippen LogP contribution >= 0.6 is 0 Å². The van der Waals surface area contributed by atoms with Gasteiger partial charge in [-0.2, -0.15) is 0 Å².